The van der Waals surface area contributed by atoms with Gasteiger partial charge in [-0.2, -0.15) is 0 Å². The number of amides is 1. The lowest BCUT2D eigenvalue weighted by molar-refractivity contribution is -0.126. The van der Waals surface area contributed by atoms with E-state index >= 15 is 0 Å². The predicted octanol–water partition coefficient (Wildman–Crippen LogP) is 6.22. The van der Waals surface area contributed by atoms with E-state index in [0.29, 0.717) is 10.0 Å². The van der Waals surface area contributed by atoms with Crippen LogP contribution in [0.3, 0.4) is 0 Å². The number of carbonyl (C=O) groups is 1. The van der Waals surface area contributed by atoms with Crippen LogP contribution < -0.4 is 0 Å². The Morgan fingerprint density at radius 2 is 1.65 bits per heavy atom. The molecule has 0 saturated heterocycles. The van der Waals surface area contributed by atoms with Crippen LogP contribution in [0, 0.1) is 0 Å². The minimum atomic E-state index is 0.0585. The second-order valence-corrected chi connectivity index (χ2v) is 6.58. The van der Waals surface area contributed by atoms with E-state index in [-0.39, 0.29) is 5.91 Å². The number of rotatable bonds is 10. The Hall–Kier alpha value is -0.990. The van der Waals surface area contributed by atoms with Crippen LogP contribution >= 0.6 is 23.2 Å². The molecule has 1 aromatic rings. The molecule has 0 bridgehead atoms. The number of hydrogen-bond acceptors (Lipinski definition) is 1. The van der Waals surface area contributed by atoms with Gasteiger partial charge < -0.3 is 4.90 Å². The maximum absolute atomic E-state index is 12.5. The van der Waals surface area contributed by atoms with Gasteiger partial charge in [-0.1, -0.05) is 68.8 Å². The zero-order chi connectivity index (χ0) is 17.1. The highest BCUT2D eigenvalue weighted by atomic mass is 35.5. The molecule has 23 heavy (non-hydrogen) atoms. The monoisotopic (exact) mass is 355 g/mol. The SMILES string of the molecule is CCCCCN(CCCCC)C(=O)/C=C/c1ccc(Cl)cc1Cl. The fourth-order valence-corrected chi connectivity index (χ4v) is 2.81. The first kappa shape index (κ1) is 20.1. The van der Waals surface area contributed by atoms with Crippen LogP contribution in [0.2, 0.25) is 10.0 Å². The molecule has 0 saturated carbocycles. The van der Waals surface area contributed by atoms with E-state index in [1.165, 1.54) is 0 Å². The molecule has 0 aliphatic carbocycles. The van der Waals surface area contributed by atoms with E-state index in [0.717, 1.165) is 57.2 Å². The summed E-state index contributed by atoms with van der Waals surface area (Å²) >= 11 is 12.0. The van der Waals surface area contributed by atoms with Crippen molar-refractivity contribution in [2.75, 3.05) is 13.1 Å². The van der Waals surface area contributed by atoms with Crippen molar-refractivity contribution in [3.63, 3.8) is 0 Å². The highest BCUT2D eigenvalue weighted by molar-refractivity contribution is 6.35. The molecule has 1 aromatic carbocycles. The van der Waals surface area contributed by atoms with Gasteiger partial charge in [0.1, 0.15) is 0 Å². The highest BCUT2D eigenvalue weighted by Gasteiger charge is 2.10. The topological polar surface area (TPSA) is 20.3 Å². The first-order valence-electron chi connectivity index (χ1n) is 8.50. The second-order valence-electron chi connectivity index (χ2n) is 5.74. The van der Waals surface area contributed by atoms with Gasteiger partial charge in [0.05, 0.1) is 0 Å². The second kappa shape index (κ2) is 11.5. The van der Waals surface area contributed by atoms with Crippen molar-refractivity contribution in [2.45, 2.75) is 52.4 Å². The van der Waals surface area contributed by atoms with Gasteiger partial charge in [-0.05, 0) is 36.6 Å². The van der Waals surface area contributed by atoms with E-state index < -0.39 is 0 Å². The number of hydrogen-bond donors (Lipinski definition) is 0. The fraction of sp³-hybridized carbons (Fsp3) is 0.526. The Balaban J connectivity index is 2.67. The van der Waals surface area contributed by atoms with E-state index in [4.69, 9.17) is 23.2 Å². The molecule has 2 nitrogen and oxygen atoms in total. The Morgan fingerprint density at radius 1 is 1.04 bits per heavy atom. The van der Waals surface area contributed by atoms with Crippen LogP contribution in [0.4, 0.5) is 0 Å². The number of nitrogens with zero attached hydrogens (tertiary/aromatic N) is 1. The third-order valence-electron chi connectivity index (χ3n) is 3.74. The Bertz CT molecular complexity index is 504. The van der Waals surface area contributed by atoms with Crippen molar-refractivity contribution in [1.82, 2.24) is 4.90 Å². The van der Waals surface area contributed by atoms with Crippen molar-refractivity contribution in [1.29, 1.82) is 0 Å². The van der Waals surface area contributed by atoms with Crippen molar-refractivity contribution >= 4 is 35.2 Å². The molecule has 0 unspecified atom stereocenters. The number of benzene rings is 1. The summed E-state index contributed by atoms with van der Waals surface area (Å²) in [6.45, 7) is 6.00. The Morgan fingerprint density at radius 3 is 2.17 bits per heavy atom. The molecule has 0 aliphatic heterocycles. The molecule has 0 spiro atoms. The molecule has 0 radical (unpaired) electrons. The lowest BCUT2D eigenvalue weighted by atomic mass is 10.2. The Kier molecular flexibility index (Phi) is 10.1. The Labute approximate surface area is 150 Å². The lowest BCUT2D eigenvalue weighted by Crippen LogP contribution is -2.31. The average Bonchev–Trinajstić information content (AvgIpc) is 2.52. The van der Waals surface area contributed by atoms with Crippen LogP contribution in [-0.4, -0.2) is 23.9 Å². The average molecular weight is 356 g/mol. The van der Waals surface area contributed by atoms with Crippen LogP contribution in [-0.2, 0) is 4.79 Å². The third kappa shape index (κ3) is 7.90. The van der Waals surface area contributed by atoms with Gasteiger partial charge in [0.15, 0.2) is 0 Å². The molecule has 0 atom stereocenters. The van der Waals surface area contributed by atoms with Gasteiger partial charge in [-0.25, -0.2) is 0 Å². The van der Waals surface area contributed by atoms with Gasteiger partial charge in [0.2, 0.25) is 5.91 Å². The molecular weight excluding hydrogens is 329 g/mol. The maximum Gasteiger partial charge on any atom is 0.246 e. The van der Waals surface area contributed by atoms with E-state index in [9.17, 15) is 4.79 Å². The molecule has 4 heteroatoms. The van der Waals surface area contributed by atoms with Crippen molar-refractivity contribution in [3.05, 3.63) is 39.9 Å². The number of halogens is 2. The number of unbranched alkanes of at least 4 members (excludes halogenated alkanes) is 4. The van der Waals surface area contributed by atoms with E-state index in [2.05, 4.69) is 13.8 Å². The quantitative estimate of drug-likeness (QED) is 0.360. The summed E-state index contributed by atoms with van der Waals surface area (Å²) in [5.74, 6) is 0.0585. The first-order valence-corrected chi connectivity index (χ1v) is 9.26. The van der Waals surface area contributed by atoms with E-state index in [1.807, 2.05) is 11.0 Å². The number of carbonyl (C=O) groups excluding carboxylic acids is 1. The van der Waals surface area contributed by atoms with Crippen LogP contribution in [0.25, 0.3) is 6.08 Å². The summed E-state index contributed by atoms with van der Waals surface area (Å²) in [5, 5.41) is 1.16. The largest absolute Gasteiger partial charge is 0.339 e. The lowest BCUT2D eigenvalue weighted by Gasteiger charge is -2.21. The highest BCUT2D eigenvalue weighted by Crippen LogP contribution is 2.22. The fourth-order valence-electron chi connectivity index (χ4n) is 2.34. The molecule has 0 aliphatic rings. The molecule has 1 rings (SSSR count). The summed E-state index contributed by atoms with van der Waals surface area (Å²) < 4.78 is 0. The minimum absolute atomic E-state index is 0.0585. The summed E-state index contributed by atoms with van der Waals surface area (Å²) in [6.07, 6.45) is 10.1. The minimum Gasteiger partial charge on any atom is -0.339 e. The van der Waals surface area contributed by atoms with Gasteiger partial charge in [0, 0.05) is 29.2 Å². The summed E-state index contributed by atoms with van der Waals surface area (Å²) in [7, 11) is 0. The van der Waals surface area contributed by atoms with Gasteiger partial charge in [-0.15, -0.1) is 0 Å². The first-order chi connectivity index (χ1) is 11.1. The predicted molar refractivity (Wildman–Crippen MR) is 101 cm³/mol. The summed E-state index contributed by atoms with van der Waals surface area (Å²) in [4.78, 5) is 14.4. The molecule has 0 fully saturated rings. The molecule has 1 amide bonds. The molecule has 0 N–H and O–H groups in total. The molecular formula is C19H27Cl2NO. The normalized spacial score (nSPS) is 11.1. The molecule has 0 aromatic heterocycles. The van der Waals surface area contributed by atoms with Crippen LogP contribution in [0.1, 0.15) is 57.9 Å². The zero-order valence-corrected chi connectivity index (χ0v) is 15.7. The van der Waals surface area contributed by atoms with Crippen LogP contribution in [0.15, 0.2) is 24.3 Å². The van der Waals surface area contributed by atoms with Crippen molar-refractivity contribution in [2.24, 2.45) is 0 Å². The van der Waals surface area contributed by atoms with E-state index in [1.54, 1.807) is 24.3 Å². The maximum atomic E-state index is 12.5. The van der Waals surface area contributed by atoms with Crippen molar-refractivity contribution < 1.29 is 4.79 Å². The molecule has 0 heterocycles. The van der Waals surface area contributed by atoms with Crippen molar-refractivity contribution in [3.8, 4) is 0 Å². The van der Waals surface area contributed by atoms with Crippen LogP contribution in [0.5, 0.6) is 0 Å². The standard InChI is InChI=1S/C19H27Cl2NO/c1-3-5-7-13-22(14-8-6-4-2)19(23)12-10-16-9-11-17(20)15-18(16)21/h9-12,15H,3-8,13-14H2,1-2H3/b12-10+. The smallest absolute Gasteiger partial charge is 0.246 e. The van der Waals surface area contributed by atoms with Gasteiger partial charge in [0.25, 0.3) is 0 Å². The summed E-state index contributed by atoms with van der Waals surface area (Å²) in [6, 6.07) is 5.29. The zero-order valence-electron chi connectivity index (χ0n) is 14.2. The summed E-state index contributed by atoms with van der Waals surface area (Å²) in [5.41, 5.74) is 0.812. The van der Waals surface area contributed by atoms with Gasteiger partial charge in [-0.3, -0.25) is 4.79 Å². The molecule has 128 valence electrons. The third-order valence-corrected chi connectivity index (χ3v) is 4.31. The van der Waals surface area contributed by atoms with Gasteiger partial charge >= 0.3 is 0 Å².